The highest BCUT2D eigenvalue weighted by Crippen LogP contribution is 2.38. The minimum Gasteiger partial charge on any atom is -0.756 e. The minimum absolute atomic E-state index is 0.0456. The van der Waals surface area contributed by atoms with Gasteiger partial charge in [-0.3, -0.25) is 14.2 Å². The summed E-state index contributed by atoms with van der Waals surface area (Å²) in [4.78, 5) is 37.8. The first-order chi connectivity index (χ1) is 35.0. The van der Waals surface area contributed by atoms with Crippen molar-refractivity contribution in [3.63, 3.8) is 0 Å². The number of likely N-dealkylation sites (N-methyl/N-ethyl adjacent to an activating group) is 1. The van der Waals surface area contributed by atoms with Crippen molar-refractivity contribution < 1.29 is 42.1 Å². The fraction of sp³-hybridized carbons (Fsp3) is 0.677. The Labute approximate surface area is 442 Å². The van der Waals surface area contributed by atoms with Crippen molar-refractivity contribution in [2.45, 2.75) is 225 Å². The van der Waals surface area contributed by atoms with Gasteiger partial charge in [-0.05, 0) is 103 Å². The van der Waals surface area contributed by atoms with Gasteiger partial charge in [0, 0.05) is 12.8 Å². The molecule has 0 heterocycles. The molecule has 0 radical (unpaired) electrons. The number of ether oxygens (including phenoxy) is 2. The van der Waals surface area contributed by atoms with Gasteiger partial charge in [-0.1, -0.05) is 213 Å². The summed E-state index contributed by atoms with van der Waals surface area (Å²) in [7, 11) is 1.12. The third-order valence-corrected chi connectivity index (χ3v) is 12.7. The molecular formula is C62H106NO8P. The zero-order valence-corrected chi connectivity index (χ0v) is 47.5. The van der Waals surface area contributed by atoms with E-state index in [-0.39, 0.29) is 26.1 Å². The highest BCUT2D eigenvalue weighted by molar-refractivity contribution is 7.45. The van der Waals surface area contributed by atoms with E-state index in [1.165, 1.54) is 96.3 Å². The number of phosphoric acid groups is 1. The molecule has 0 aliphatic rings. The molecule has 0 fully saturated rings. The van der Waals surface area contributed by atoms with E-state index in [2.05, 4.69) is 123 Å². The Morgan fingerprint density at radius 2 is 0.792 bits per heavy atom. The van der Waals surface area contributed by atoms with Crippen molar-refractivity contribution in [1.82, 2.24) is 0 Å². The number of esters is 2. The summed E-state index contributed by atoms with van der Waals surface area (Å²) in [5.74, 6) is -0.892. The first kappa shape index (κ1) is 68.7. The average Bonchev–Trinajstić information content (AvgIpc) is 3.34. The average molecular weight is 1020 g/mol. The maximum Gasteiger partial charge on any atom is 0.306 e. The number of unbranched alkanes of at least 4 members (excludes halogenated alkanes) is 19. The molecule has 72 heavy (non-hydrogen) atoms. The van der Waals surface area contributed by atoms with Crippen molar-refractivity contribution >= 4 is 19.8 Å². The second kappa shape index (κ2) is 52.5. The summed E-state index contributed by atoms with van der Waals surface area (Å²) in [6.07, 6.45) is 72.8. The fourth-order valence-electron chi connectivity index (χ4n) is 7.37. The SMILES string of the molecule is CC/C=C\C/C=C\C/C=C\C/C=C\C/C=C\C/C=C\CCCCC(=O)OC(COC(=O)CCCCCCCCCCCCCC/C=C\C/C=C\C/C=C\CCCCCCC)COP(=O)([O-])OCC[N+](C)(C)C. The lowest BCUT2D eigenvalue weighted by Crippen LogP contribution is -2.37. The predicted octanol–water partition coefficient (Wildman–Crippen LogP) is 17.2. The first-order valence-corrected chi connectivity index (χ1v) is 30.1. The standard InChI is InChI=1S/C62H106NO8P/c1-6-8-10-12-14-16-18-20-22-24-26-28-29-30-31-32-33-35-36-38-40-42-44-46-48-50-52-54-61(64)68-58-60(59-70-72(66,67)69-57-56-63(3,4)5)71-62(65)55-53-51-49-47-45-43-41-39-37-34-27-25-23-21-19-17-15-13-11-9-7-2/h9,11,15,17-18,20-21,23-24,26-27,29-30,34,39,41,45,47,60H,6-8,10,12-14,16,19,22,25,28,31-33,35-38,40,42-44,46,48-59H2,1-5H3/b11-9-,17-15-,20-18-,23-21-,26-24-,30-29-,34-27-,41-39-,47-45-. The van der Waals surface area contributed by atoms with Crippen molar-refractivity contribution in [3.05, 3.63) is 109 Å². The van der Waals surface area contributed by atoms with Crippen molar-refractivity contribution in [3.8, 4) is 0 Å². The van der Waals surface area contributed by atoms with Gasteiger partial charge in [0.2, 0.25) is 0 Å². The number of allylic oxidation sites excluding steroid dienone is 18. The van der Waals surface area contributed by atoms with Crippen molar-refractivity contribution in [2.24, 2.45) is 0 Å². The van der Waals surface area contributed by atoms with E-state index in [0.717, 1.165) is 89.9 Å². The van der Waals surface area contributed by atoms with Gasteiger partial charge >= 0.3 is 11.9 Å². The largest absolute Gasteiger partial charge is 0.756 e. The van der Waals surface area contributed by atoms with Crippen LogP contribution in [0, 0.1) is 0 Å². The van der Waals surface area contributed by atoms with Crippen molar-refractivity contribution in [1.29, 1.82) is 0 Å². The Kier molecular flexibility index (Phi) is 50.1. The fourth-order valence-corrected chi connectivity index (χ4v) is 8.10. The minimum atomic E-state index is -4.66. The lowest BCUT2D eigenvalue weighted by molar-refractivity contribution is -0.870. The van der Waals surface area contributed by atoms with Crippen LogP contribution in [-0.4, -0.2) is 70.0 Å². The highest BCUT2D eigenvalue weighted by atomic mass is 31.2. The van der Waals surface area contributed by atoms with Crippen LogP contribution in [0.4, 0.5) is 0 Å². The van der Waals surface area contributed by atoms with Crippen LogP contribution in [0.1, 0.15) is 219 Å². The molecule has 0 aliphatic heterocycles. The smallest absolute Gasteiger partial charge is 0.306 e. The Morgan fingerprint density at radius 1 is 0.444 bits per heavy atom. The summed E-state index contributed by atoms with van der Waals surface area (Å²) in [6, 6.07) is 0. The molecule has 0 aromatic heterocycles. The Hall–Kier alpha value is -3.33. The second-order valence-electron chi connectivity index (χ2n) is 19.9. The van der Waals surface area contributed by atoms with Gasteiger partial charge in [-0.2, -0.15) is 0 Å². The van der Waals surface area contributed by atoms with Gasteiger partial charge in [0.15, 0.2) is 6.10 Å². The number of rotatable bonds is 51. The van der Waals surface area contributed by atoms with Crippen LogP contribution in [0.25, 0.3) is 0 Å². The van der Waals surface area contributed by atoms with E-state index in [4.69, 9.17) is 18.5 Å². The number of quaternary nitrogens is 1. The lowest BCUT2D eigenvalue weighted by atomic mass is 10.0. The molecule has 2 atom stereocenters. The third-order valence-electron chi connectivity index (χ3n) is 11.8. The predicted molar refractivity (Wildman–Crippen MR) is 305 cm³/mol. The summed E-state index contributed by atoms with van der Waals surface area (Å²) in [5.41, 5.74) is 0. The second-order valence-corrected chi connectivity index (χ2v) is 21.3. The molecule has 0 N–H and O–H groups in total. The molecule has 9 nitrogen and oxygen atoms in total. The van der Waals surface area contributed by atoms with Crippen LogP contribution in [0.2, 0.25) is 0 Å². The van der Waals surface area contributed by atoms with Crippen LogP contribution in [0.3, 0.4) is 0 Å². The summed E-state index contributed by atoms with van der Waals surface area (Å²) in [5, 5.41) is 0. The van der Waals surface area contributed by atoms with Crippen LogP contribution in [0.15, 0.2) is 109 Å². The summed E-state index contributed by atoms with van der Waals surface area (Å²) >= 11 is 0. The number of nitrogens with zero attached hydrogens (tertiary/aromatic N) is 1. The molecule has 0 bridgehead atoms. The number of carbonyl (C=O) groups is 2. The van der Waals surface area contributed by atoms with E-state index in [1.807, 2.05) is 21.1 Å². The molecule has 2 unspecified atom stereocenters. The zero-order chi connectivity index (χ0) is 52.7. The molecule has 0 rings (SSSR count). The molecular weight excluding hydrogens is 918 g/mol. The van der Waals surface area contributed by atoms with E-state index >= 15 is 0 Å². The Bertz CT molecular complexity index is 1580. The zero-order valence-electron chi connectivity index (χ0n) is 46.6. The molecule has 0 amide bonds. The molecule has 412 valence electrons. The van der Waals surface area contributed by atoms with Crippen LogP contribution in [-0.2, 0) is 32.7 Å². The quantitative estimate of drug-likeness (QED) is 0.0195. The Morgan fingerprint density at radius 3 is 1.21 bits per heavy atom. The monoisotopic (exact) mass is 1020 g/mol. The molecule has 0 aliphatic carbocycles. The molecule has 0 spiro atoms. The van der Waals surface area contributed by atoms with Gasteiger partial charge in [-0.25, -0.2) is 0 Å². The Balaban J connectivity index is 4.26. The van der Waals surface area contributed by atoms with Crippen LogP contribution in [0.5, 0.6) is 0 Å². The van der Waals surface area contributed by atoms with E-state index in [1.54, 1.807) is 0 Å². The van der Waals surface area contributed by atoms with Gasteiger partial charge in [0.05, 0.1) is 27.7 Å². The van der Waals surface area contributed by atoms with Gasteiger partial charge in [0.25, 0.3) is 7.82 Å². The van der Waals surface area contributed by atoms with Crippen molar-refractivity contribution in [2.75, 3.05) is 47.5 Å². The molecule has 0 aromatic rings. The number of hydrogen-bond donors (Lipinski definition) is 0. The summed E-state index contributed by atoms with van der Waals surface area (Å²) in [6.45, 7) is 4.05. The van der Waals surface area contributed by atoms with Gasteiger partial charge in [-0.15, -0.1) is 0 Å². The number of phosphoric ester groups is 1. The maximum absolute atomic E-state index is 12.8. The van der Waals surface area contributed by atoms with E-state index < -0.39 is 32.5 Å². The highest BCUT2D eigenvalue weighted by Gasteiger charge is 2.21. The van der Waals surface area contributed by atoms with Crippen LogP contribution >= 0.6 is 7.82 Å². The topological polar surface area (TPSA) is 111 Å². The summed E-state index contributed by atoms with van der Waals surface area (Å²) < 4.78 is 34.1. The van der Waals surface area contributed by atoms with E-state index in [0.29, 0.717) is 17.4 Å². The number of hydrogen-bond acceptors (Lipinski definition) is 8. The molecule has 0 aromatic carbocycles. The van der Waals surface area contributed by atoms with Crippen LogP contribution < -0.4 is 4.89 Å². The molecule has 0 saturated heterocycles. The normalized spacial score (nSPS) is 14.1. The van der Waals surface area contributed by atoms with Gasteiger partial charge < -0.3 is 27.9 Å². The van der Waals surface area contributed by atoms with E-state index in [9.17, 15) is 19.0 Å². The molecule has 10 heteroatoms. The molecule has 0 saturated carbocycles. The lowest BCUT2D eigenvalue weighted by Gasteiger charge is -2.28. The third kappa shape index (κ3) is 56.0. The number of carbonyl (C=O) groups excluding carboxylic acids is 2. The first-order valence-electron chi connectivity index (χ1n) is 28.6. The van der Waals surface area contributed by atoms with Gasteiger partial charge in [0.1, 0.15) is 19.8 Å². The maximum atomic E-state index is 12.8.